The third kappa shape index (κ3) is 2.76. The number of urea groups is 1. The Balaban J connectivity index is 1.76. The van der Waals surface area contributed by atoms with Crippen molar-refractivity contribution in [1.82, 2.24) is 0 Å². The minimum atomic E-state index is -0.170. The largest absolute Gasteiger partial charge is 0.497 e. The Bertz CT molecular complexity index is 640. The molecular weight excluding hydrogens is 268 g/mol. The van der Waals surface area contributed by atoms with Crippen molar-refractivity contribution in [3.8, 4) is 11.5 Å². The lowest BCUT2D eigenvalue weighted by Crippen LogP contribution is -2.40. The summed E-state index contributed by atoms with van der Waals surface area (Å²) in [6, 6.07) is 14.6. The summed E-state index contributed by atoms with van der Waals surface area (Å²) in [6.07, 6.45) is 0. The standard InChI is InChI=1S/C16H16N2O3/c1-20-13-8-6-12(7-9-13)17-16(19)18-10-11-21-15-5-3-2-4-14(15)18/h2-9H,10-11H2,1H3,(H,17,19). The van der Waals surface area contributed by atoms with Crippen LogP contribution in [-0.4, -0.2) is 26.3 Å². The maximum absolute atomic E-state index is 12.4. The van der Waals surface area contributed by atoms with Gasteiger partial charge in [-0.1, -0.05) is 12.1 Å². The summed E-state index contributed by atoms with van der Waals surface area (Å²) < 4.78 is 10.6. The average Bonchev–Trinajstić information content (AvgIpc) is 2.55. The van der Waals surface area contributed by atoms with Crippen molar-refractivity contribution >= 4 is 17.4 Å². The summed E-state index contributed by atoms with van der Waals surface area (Å²) in [6.45, 7) is 1.02. The van der Waals surface area contributed by atoms with E-state index in [1.165, 1.54) is 0 Å². The summed E-state index contributed by atoms with van der Waals surface area (Å²) in [4.78, 5) is 14.1. The van der Waals surface area contributed by atoms with Gasteiger partial charge in [-0.3, -0.25) is 4.90 Å². The van der Waals surface area contributed by atoms with Crippen LogP contribution in [0.1, 0.15) is 0 Å². The molecule has 0 aromatic heterocycles. The molecule has 5 heteroatoms. The Morgan fingerprint density at radius 1 is 1.19 bits per heavy atom. The Morgan fingerprint density at radius 2 is 1.95 bits per heavy atom. The quantitative estimate of drug-likeness (QED) is 0.921. The zero-order chi connectivity index (χ0) is 14.7. The number of ether oxygens (including phenoxy) is 2. The second-order valence-corrected chi connectivity index (χ2v) is 4.63. The molecule has 2 aromatic rings. The van der Waals surface area contributed by atoms with Crippen LogP contribution < -0.4 is 19.7 Å². The molecule has 0 unspecified atom stereocenters. The van der Waals surface area contributed by atoms with E-state index >= 15 is 0 Å². The molecule has 1 aliphatic heterocycles. The normalized spacial score (nSPS) is 13.1. The SMILES string of the molecule is COc1ccc(NC(=O)N2CCOc3ccccc32)cc1. The van der Waals surface area contributed by atoms with E-state index in [1.54, 1.807) is 12.0 Å². The van der Waals surface area contributed by atoms with Gasteiger partial charge in [-0.05, 0) is 36.4 Å². The van der Waals surface area contributed by atoms with E-state index < -0.39 is 0 Å². The van der Waals surface area contributed by atoms with Gasteiger partial charge < -0.3 is 14.8 Å². The maximum atomic E-state index is 12.4. The molecular formula is C16H16N2O3. The van der Waals surface area contributed by atoms with Crippen molar-refractivity contribution in [2.75, 3.05) is 30.5 Å². The van der Waals surface area contributed by atoms with E-state index in [9.17, 15) is 4.79 Å². The fourth-order valence-electron chi connectivity index (χ4n) is 2.25. The monoisotopic (exact) mass is 284 g/mol. The Morgan fingerprint density at radius 3 is 2.71 bits per heavy atom. The van der Waals surface area contributed by atoms with Gasteiger partial charge in [0.15, 0.2) is 0 Å². The molecule has 0 spiro atoms. The third-order valence-corrected chi connectivity index (χ3v) is 3.31. The number of para-hydroxylation sites is 2. The van der Waals surface area contributed by atoms with Crippen LogP contribution in [0, 0.1) is 0 Å². The molecule has 1 aliphatic rings. The summed E-state index contributed by atoms with van der Waals surface area (Å²) in [7, 11) is 1.61. The number of amides is 2. The molecule has 2 aromatic carbocycles. The summed E-state index contributed by atoms with van der Waals surface area (Å²) in [5.74, 6) is 1.48. The van der Waals surface area contributed by atoms with Crippen LogP contribution in [-0.2, 0) is 0 Å². The Kier molecular flexibility index (Phi) is 3.64. The van der Waals surface area contributed by atoms with Crippen LogP contribution in [0.25, 0.3) is 0 Å². The predicted molar refractivity (Wildman–Crippen MR) is 81.3 cm³/mol. The fraction of sp³-hybridized carbons (Fsp3) is 0.188. The van der Waals surface area contributed by atoms with Crippen LogP contribution in [0.15, 0.2) is 48.5 Å². The molecule has 0 saturated heterocycles. The first-order chi connectivity index (χ1) is 10.3. The minimum Gasteiger partial charge on any atom is -0.497 e. The summed E-state index contributed by atoms with van der Waals surface area (Å²) >= 11 is 0. The highest BCUT2D eigenvalue weighted by Gasteiger charge is 2.23. The van der Waals surface area contributed by atoms with Crippen molar-refractivity contribution in [2.24, 2.45) is 0 Å². The van der Waals surface area contributed by atoms with Crippen molar-refractivity contribution in [1.29, 1.82) is 0 Å². The van der Waals surface area contributed by atoms with Crippen LogP contribution in [0.5, 0.6) is 11.5 Å². The average molecular weight is 284 g/mol. The van der Waals surface area contributed by atoms with Gasteiger partial charge in [-0.15, -0.1) is 0 Å². The number of anilines is 2. The first kappa shape index (κ1) is 13.3. The van der Waals surface area contributed by atoms with Crippen molar-refractivity contribution in [3.05, 3.63) is 48.5 Å². The first-order valence-corrected chi connectivity index (χ1v) is 6.72. The zero-order valence-electron chi connectivity index (χ0n) is 11.7. The maximum Gasteiger partial charge on any atom is 0.326 e. The van der Waals surface area contributed by atoms with E-state index in [0.29, 0.717) is 13.2 Å². The van der Waals surface area contributed by atoms with Crippen molar-refractivity contribution in [2.45, 2.75) is 0 Å². The number of carbonyl (C=O) groups excluding carboxylic acids is 1. The Hall–Kier alpha value is -2.69. The first-order valence-electron chi connectivity index (χ1n) is 6.72. The third-order valence-electron chi connectivity index (χ3n) is 3.31. The number of methoxy groups -OCH3 is 1. The van der Waals surface area contributed by atoms with Crippen LogP contribution in [0.3, 0.4) is 0 Å². The lowest BCUT2D eigenvalue weighted by molar-refractivity contribution is 0.250. The minimum absolute atomic E-state index is 0.170. The zero-order valence-corrected chi connectivity index (χ0v) is 11.7. The van der Waals surface area contributed by atoms with Gasteiger partial charge in [0.25, 0.3) is 0 Å². The van der Waals surface area contributed by atoms with Gasteiger partial charge in [-0.25, -0.2) is 4.79 Å². The molecule has 0 atom stereocenters. The molecule has 3 rings (SSSR count). The molecule has 0 saturated carbocycles. The van der Waals surface area contributed by atoms with Gasteiger partial charge in [0.05, 0.1) is 19.3 Å². The molecule has 2 amide bonds. The van der Waals surface area contributed by atoms with Crippen LogP contribution in [0.2, 0.25) is 0 Å². The van der Waals surface area contributed by atoms with Gasteiger partial charge in [0.1, 0.15) is 18.1 Å². The number of carbonyl (C=O) groups is 1. The van der Waals surface area contributed by atoms with E-state index in [0.717, 1.165) is 22.9 Å². The van der Waals surface area contributed by atoms with Crippen molar-refractivity contribution in [3.63, 3.8) is 0 Å². The molecule has 1 heterocycles. The lowest BCUT2D eigenvalue weighted by atomic mass is 10.2. The fourth-order valence-corrected chi connectivity index (χ4v) is 2.25. The molecule has 21 heavy (non-hydrogen) atoms. The van der Waals surface area contributed by atoms with Crippen LogP contribution in [0.4, 0.5) is 16.2 Å². The van der Waals surface area contributed by atoms with Gasteiger partial charge >= 0.3 is 6.03 Å². The molecule has 0 aliphatic carbocycles. The molecule has 5 nitrogen and oxygen atoms in total. The Labute approximate surface area is 123 Å². The lowest BCUT2D eigenvalue weighted by Gasteiger charge is -2.29. The second kappa shape index (κ2) is 5.75. The molecule has 0 fully saturated rings. The topological polar surface area (TPSA) is 50.8 Å². The second-order valence-electron chi connectivity index (χ2n) is 4.63. The molecule has 0 bridgehead atoms. The van der Waals surface area contributed by atoms with E-state index in [1.807, 2.05) is 48.5 Å². The predicted octanol–water partition coefficient (Wildman–Crippen LogP) is 3.13. The highest BCUT2D eigenvalue weighted by molar-refractivity contribution is 6.02. The number of nitrogens with zero attached hydrogens (tertiary/aromatic N) is 1. The van der Waals surface area contributed by atoms with Crippen molar-refractivity contribution < 1.29 is 14.3 Å². The number of nitrogens with one attached hydrogen (secondary N) is 1. The smallest absolute Gasteiger partial charge is 0.326 e. The molecule has 0 radical (unpaired) electrons. The molecule has 1 N–H and O–H groups in total. The number of hydrogen-bond donors (Lipinski definition) is 1. The number of fused-ring (bicyclic) bond motifs is 1. The van der Waals surface area contributed by atoms with E-state index in [4.69, 9.17) is 9.47 Å². The number of hydrogen-bond acceptors (Lipinski definition) is 3. The van der Waals surface area contributed by atoms with Gasteiger partial charge in [-0.2, -0.15) is 0 Å². The van der Waals surface area contributed by atoms with E-state index in [-0.39, 0.29) is 6.03 Å². The summed E-state index contributed by atoms with van der Waals surface area (Å²) in [5, 5.41) is 2.88. The number of benzene rings is 2. The van der Waals surface area contributed by atoms with Crippen LogP contribution >= 0.6 is 0 Å². The molecule has 108 valence electrons. The highest BCUT2D eigenvalue weighted by Crippen LogP contribution is 2.31. The number of rotatable bonds is 2. The van der Waals surface area contributed by atoms with Gasteiger partial charge in [0, 0.05) is 5.69 Å². The van der Waals surface area contributed by atoms with Gasteiger partial charge in [0.2, 0.25) is 0 Å². The summed E-state index contributed by atoms with van der Waals surface area (Å²) in [5.41, 5.74) is 1.51. The van der Waals surface area contributed by atoms with E-state index in [2.05, 4.69) is 5.32 Å². The highest BCUT2D eigenvalue weighted by atomic mass is 16.5.